The summed E-state index contributed by atoms with van der Waals surface area (Å²) in [6.07, 6.45) is 5.45. The van der Waals surface area contributed by atoms with Crippen LogP contribution in [0.25, 0.3) is 11.0 Å². The second kappa shape index (κ2) is 5.57. The quantitative estimate of drug-likeness (QED) is 0.874. The van der Waals surface area contributed by atoms with Crippen LogP contribution in [0.1, 0.15) is 30.1 Å². The number of carbonyl (C=O) groups excluding carboxylic acids is 1. The van der Waals surface area contributed by atoms with Gasteiger partial charge in [0.15, 0.2) is 4.96 Å². The maximum Gasteiger partial charge on any atom is 0.244 e. The number of fused-ring (bicyclic) bond motifs is 1. The van der Waals surface area contributed by atoms with Crippen molar-refractivity contribution in [1.82, 2.24) is 14.7 Å². The van der Waals surface area contributed by atoms with Gasteiger partial charge < -0.3 is 5.32 Å². The molecule has 2 aromatic heterocycles. The Morgan fingerprint density at radius 1 is 1.53 bits per heavy atom. The van der Waals surface area contributed by atoms with Crippen molar-refractivity contribution in [3.05, 3.63) is 28.5 Å². The van der Waals surface area contributed by atoms with E-state index >= 15 is 0 Å². The topological polar surface area (TPSA) is 46.4 Å². The fraction of sp³-hybridized carbons (Fsp3) is 0.429. The van der Waals surface area contributed by atoms with Crippen LogP contribution in [0.4, 0.5) is 0 Å². The highest BCUT2D eigenvalue weighted by Crippen LogP contribution is 2.21. The number of hydrogen-bond donors (Lipinski definition) is 1. The zero-order chi connectivity index (χ0) is 14.0. The normalized spacial score (nSPS) is 11.8. The maximum absolute atomic E-state index is 11.7. The van der Waals surface area contributed by atoms with E-state index in [9.17, 15) is 4.79 Å². The SMILES string of the molecule is Cc1cn2c(/C=C/C(=O)NCC(C)C)c(C)nc2s1. The molecule has 0 aromatic carbocycles. The molecule has 1 N–H and O–H groups in total. The maximum atomic E-state index is 11.7. The van der Waals surface area contributed by atoms with Crippen LogP contribution in [-0.2, 0) is 4.79 Å². The standard InChI is InChI=1S/C14H19N3OS/c1-9(2)7-15-13(18)6-5-12-11(4)16-14-17(12)8-10(3)19-14/h5-6,8-9H,7H2,1-4H3,(H,15,18)/b6-5+. The first-order chi connectivity index (χ1) is 8.97. The van der Waals surface area contributed by atoms with E-state index in [2.05, 4.69) is 31.1 Å². The first-order valence-electron chi connectivity index (χ1n) is 6.38. The average Bonchev–Trinajstić information content (AvgIpc) is 2.79. The lowest BCUT2D eigenvalue weighted by atomic mass is 10.2. The number of nitrogens with zero attached hydrogens (tertiary/aromatic N) is 2. The Labute approximate surface area is 117 Å². The molecular formula is C14H19N3OS. The molecule has 0 bridgehead atoms. The second-order valence-electron chi connectivity index (χ2n) is 5.05. The lowest BCUT2D eigenvalue weighted by Gasteiger charge is -2.04. The van der Waals surface area contributed by atoms with E-state index in [1.54, 1.807) is 17.4 Å². The van der Waals surface area contributed by atoms with E-state index in [0.29, 0.717) is 12.5 Å². The summed E-state index contributed by atoms with van der Waals surface area (Å²) in [6, 6.07) is 0. The Kier molecular flexibility index (Phi) is 4.04. The molecule has 5 heteroatoms. The Balaban J connectivity index is 2.16. The summed E-state index contributed by atoms with van der Waals surface area (Å²) in [7, 11) is 0. The molecule has 1 amide bonds. The number of nitrogens with one attached hydrogen (secondary N) is 1. The number of imidazole rings is 1. The smallest absolute Gasteiger partial charge is 0.244 e. The molecule has 0 radical (unpaired) electrons. The molecule has 2 aromatic rings. The predicted molar refractivity (Wildman–Crippen MR) is 79.4 cm³/mol. The van der Waals surface area contributed by atoms with Gasteiger partial charge in [0.2, 0.25) is 5.91 Å². The molecule has 0 spiro atoms. The van der Waals surface area contributed by atoms with Gasteiger partial charge in [-0.25, -0.2) is 4.98 Å². The number of amides is 1. The lowest BCUT2D eigenvalue weighted by Crippen LogP contribution is -2.25. The summed E-state index contributed by atoms with van der Waals surface area (Å²) in [6.45, 7) is 8.85. The average molecular weight is 277 g/mol. The largest absolute Gasteiger partial charge is 0.352 e. The monoisotopic (exact) mass is 277 g/mol. The molecular weight excluding hydrogens is 258 g/mol. The Hall–Kier alpha value is -1.62. The Morgan fingerprint density at radius 3 is 2.95 bits per heavy atom. The number of rotatable bonds is 4. The van der Waals surface area contributed by atoms with E-state index < -0.39 is 0 Å². The summed E-state index contributed by atoms with van der Waals surface area (Å²) in [5.41, 5.74) is 1.92. The molecule has 0 aliphatic rings. The fourth-order valence-electron chi connectivity index (χ4n) is 1.80. The zero-order valence-corrected chi connectivity index (χ0v) is 12.5. The van der Waals surface area contributed by atoms with Crippen molar-refractivity contribution in [2.24, 2.45) is 5.92 Å². The van der Waals surface area contributed by atoms with Crippen molar-refractivity contribution >= 4 is 28.3 Å². The van der Waals surface area contributed by atoms with E-state index in [-0.39, 0.29) is 5.91 Å². The number of hydrogen-bond acceptors (Lipinski definition) is 3. The van der Waals surface area contributed by atoms with Crippen molar-refractivity contribution in [2.75, 3.05) is 6.54 Å². The minimum atomic E-state index is -0.0602. The second-order valence-corrected chi connectivity index (χ2v) is 6.26. The van der Waals surface area contributed by atoms with Crippen LogP contribution in [0.2, 0.25) is 0 Å². The van der Waals surface area contributed by atoms with Gasteiger partial charge in [0, 0.05) is 23.7 Å². The summed E-state index contributed by atoms with van der Waals surface area (Å²) < 4.78 is 2.03. The van der Waals surface area contributed by atoms with E-state index in [1.165, 1.54) is 4.88 Å². The van der Waals surface area contributed by atoms with Crippen molar-refractivity contribution in [3.8, 4) is 0 Å². The van der Waals surface area contributed by atoms with Gasteiger partial charge in [-0.3, -0.25) is 9.20 Å². The summed E-state index contributed by atoms with van der Waals surface area (Å²) in [4.78, 5) is 18.3. The van der Waals surface area contributed by atoms with Gasteiger partial charge in [-0.2, -0.15) is 0 Å². The van der Waals surface area contributed by atoms with Crippen LogP contribution in [0.5, 0.6) is 0 Å². The first-order valence-corrected chi connectivity index (χ1v) is 7.20. The summed E-state index contributed by atoms with van der Waals surface area (Å²) >= 11 is 1.65. The third-order valence-electron chi connectivity index (χ3n) is 2.74. The third-order valence-corrected chi connectivity index (χ3v) is 3.64. The molecule has 0 aliphatic carbocycles. The molecule has 2 rings (SSSR count). The number of aromatic nitrogens is 2. The molecule has 0 aliphatic heterocycles. The zero-order valence-electron chi connectivity index (χ0n) is 11.7. The molecule has 0 unspecified atom stereocenters. The van der Waals surface area contributed by atoms with Gasteiger partial charge in [-0.05, 0) is 25.8 Å². The van der Waals surface area contributed by atoms with Crippen LogP contribution in [-0.4, -0.2) is 21.8 Å². The number of thiazole rings is 1. The first kappa shape index (κ1) is 13.8. The van der Waals surface area contributed by atoms with Gasteiger partial charge in [-0.15, -0.1) is 11.3 Å². The van der Waals surface area contributed by atoms with Crippen LogP contribution in [0.3, 0.4) is 0 Å². The van der Waals surface area contributed by atoms with E-state index in [0.717, 1.165) is 16.3 Å². The molecule has 19 heavy (non-hydrogen) atoms. The van der Waals surface area contributed by atoms with E-state index in [4.69, 9.17) is 0 Å². The number of carbonyl (C=O) groups is 1. The minimum absolute atomic E-state index is 0.0602. The van der Waals surface area contributed by atoms with Gasteiger partial charge in [-0.1, -0.05) is 13.8 Å². The minimum Gasteiger partial charge on any atom is -0.352 e. The highest BCUT2D eigenvalue weighted by Gasteiger charge is 2.08. The van der Waals surface area contributed by atoms with Crippen LogP contribution in [0.15, 0.2) is 12.3 Å². The van der Waals surface area contributed by atoms with Gasteiger partial charge >= 0.3 is 0 Å². The molecule has 4 nitrogen and oxygen atoms in total. The van der Waals surface area contributed by atoms with Gasteiger partial charge in [0.1, 0.15) is 0 Å². The highest BCUT2D eigenvalue weighted by atomic mass is 32.1. The molecule has 0 saturated carbocycles. The van der Waals surface area contributed by atoms with Gasteiger partial charge in [0.05, 0.1) is 11.4 Å². The molecule has 2 heterocycles. The molecule has 0 fully saturated rings. The van der Waals surface area contributed by atoms with E-state index in [1.807, 2.05) is 23.6 Å². The van der Waals surface area contributed by atoms with Crippen molar-refractivity contribution in [2.45, 2.75) is 27.7 Å². The predicted octanol–water partition coefficient (Wildman–Crippen LogP) is 2.80. The van der Waals surface area contributed by atoms with Crippen LogP contribution in [0, 0.1) is 19.8 Å². The van der Waals surface area contributed by atoms with Crippen molar-refractivity contribution in [3.63, 3.8) is 0 Å². The van der Waals surface area contributed by atoms with Crippen molar-refractivity contribution in [1.29, 1.82) is 0 Å². The highest BCUT2D eigenvalue weighted by molar-refractivity contribution is 7.17. The van der Waals surface area contributed by atoms with Crippen LogP contribution < -0.4 is 5.32 Å². The van der Waals surface area contributed by atoms with Gasteiger partial charge in [0.25, 0.3) is 0 Å². The van der Waals surface area contributed by atoms with Crippen LogP contribution >= 0.6 is 11.3 Å². The fourth-order valence-corrected chi connectivity index (χ4v) is 2.68. The Morgan fingerprint density at radius 2 is 2.26 bits per heavy atom. The molecule has 0 saturated heterocycles. The summed E-state index contributed by atoms with van der Waals surface area (Å²) in [5.74, 6) is 0.398. The lowest BCUT2D eigenvalue weighted by molar-refractivity contribution is -0.116. The molecule has 0 atom stereocenters. The molecule has 102 valence electrons. The third kappa shape index (κ3) is 3.23. The van der Waals surface area contributed by atoms with Crippen molar-refractivity contribution < 1.29 is 4.79 Å². The Bertz CT molecular complexity index is 622. The number of aryl methyl sites for hydroxylation is 2. The summed E-state index contributed by atoms with van der Waals surface area (Å²) in [5, 5.41) is 2.86.